The van der Waals surface area contributed by atoms with Crippen molar-refractivity contribution in [2.75, 3.05) is 38.2 Å². The molecule has 6 nitrogen and oxygen atoms in total. The molecule has 0 unspecified atom stereocenters. The molecule has 0 saturated carbocycles. The van der Waals surface area contributed by atoms with Gasteiger partial charge in [-0.1, -0.05) is 43.1 Å². The fourth-order valence-corrected chi connectivity index (χ4v) is 4.39. The van der Waals surface area contributed by atoms with Crippen LogP contribution in [0.3, 0.4) is 0 Å². The maximum atomic E-state index is 6.10. The Hall–Kier alpha value is -3.32. The summed E-state index contributed by atoms with van der Waals surface area (Å²) in [5, 5.41) is 4.42. The van der Waals surface area contributed by atoms with Gasteiger partial charge in [-0.25, -0.2) is 9.97 Å². The zero-order valence-corrected chi connectivity index (χ0v) is 24.1. The molecule has 0 bridgehead atoms. The first-order valence-electron chi connectivity index (χ1n) is 13.2. The molecule has 0 radical (unpaired) electrons. The van der Waals surface area contributed by atoms with Crippen molar-refractivity contribution < 1.29 is 9.47 Å². The summed E-state index contributed by atoms with van der Waals surface area (Å²) in [5.74, 6) is 2.18. The zero-order chi connectivity index (χ0) is 27.6. The van der Waals surface area contributed by atoms with E-state index in [0.29, 0.717) is 29.2 Å². The van der Waals surface area contributed by atoms with Crippen LogP contribution in [0.25, 0.3) is 11.3 Å². The predicted molar refractivity (Wildman–Crippen MR) is 161 cm³/mol. The molecule has 3 aromatic carbocycles. The maximum absolute atomic E-state index is 6.10. The summed E-state index contributed by atoms with van der Waals surface area (Å²) in [4.78, 5) is 11.6. The number of ether oxygens (including phenoxy) is 2. The van der Waals surface area contributed by atoms with Gasteiger partial charge < -0.3 is 19.7 Å². The van der Waals surface area contributed by atoms with Crippen molar-refractivity contribution in [3.8, 4) is 22.8 Å². The molecule has 1 N–H and O–H groups in total. The normalized spacial score (nSPS) is 11.0. The number of rotatable bonds is 13. The van der Waals surface area contributed by atoms with Crippen molar-refractivity contribution in [3.05, 3.63) is 94.1 Å². The maximum Gasteiger partial charge on any atom is 0.227 e. The molecule has 1 heterocycles. The molecular formula is C31H34Cl2N4O2. The van der Waals surface area contributed by atoms with Crippen LogP contribution in [0.1, 0.15) is 25.1 Å². The van der Waals surface area contributed by atoms with Gasteiger partial charge in [0.25, 0.3) is 0 Å². The molecule has 0 saturated heterocycles. The number of hydrogen-bond acceptors (Lipinski definition) is 6. The third kappa shape index (κ3) is 8.59. The lowest BCUT2D eigenvalue weighted by atomic mass is 10.1. The van der Waals surface area contributed by atoms with E-state index in [2.05, 4.69) is 29.0 Å². The average molecular weight is 566 g/mol. The molecule has 4 rings (SSSR count). The number of likely N-dealkylation sites (N-methyl/N-ethyl adjacent to an activating group) is 1. The van der Waals surface area contributed by atoms with E-state index in [9.17, 15) is 0 Å². The fourth-order valence-electron chi connectivity index (χ4n) is 4.07. The van der Waals surface area contributed by atoms with Crippen molar-refractivity contribution in [1.82, 2.24) is 14.9 Å². The van der Waals surface area contributed by atoms with Crippen LogP contribution in [0.4, 0.5) is 11.6 Å². The van der Waals surface area contributed by atoms with Crippen molar-refractivity contribution in [2.24, 2.45) is 0 Å². The van der Waals surface area contributed by atoms with Gasteiger partial charge in [-0.15, -0.1) is 0 Å². The summed E-state index contributed by atoms with van der Waals surface area (Å²) in [7, 11) is 0. The summed E-state index contributed by atoms with van der Waals surface area (Å²) < 4.78 is 11.8. The predicted octanol–water partition coefficient (Wildman–Crippen LogP) is 7.84. The fraction of sp³-hybridized carbons (Fsp3) is 0.290. The first kappa shape index (κ1) is 28.7. The van der Waals surface area contributed by atoms with Gasteiger partial charge in [-0.05, 0) is 92.3 Å². The molecule has 0 aliphatic carbocycles. The van der Waals surface area contributed by atoms with Crippen LogP contribution in [0.2, 0.25) is 10.0 Å². The smallest absolute Gasteiger partial charge is 0.227 e. The second-order valence-corrected chi connectivity index (χ2v) is 9.93. The Kier molecular flexibility index (Phi) is 10.4. The number of anilines is 2. The molecule has 204 valence electrons. The molecule has 0 aliphatic heterocycles. The quantitative estimate of drug-likeness (QED) is 0.178. The van der Waals surface area contributed by atoms with Crippen LogP contribution in [-0.4, -0.2) is 47.7 Å². The summed E-state index contributed by atoms with van der Waals surface area (Å²) in [5.41, 5.74) is 4.67. The van der Waals surface area contributed by atoms with Crippen molar-refractivity contribution in [1.29, 1.82) is 0 Å². The lowest BCUT2D eigenvalue weighted by Crippen LogP contribution is -2.27. The summed E-state index contributed by atoms with van der Waals surface area (Å²) in [6, 6.07) is 23.4. The highest BCUT2D eigenvalue weighted by Crippen LogP contribution is 2.25. The molecule has 39 heavy (non-hydrogen) atoms. The first-order valence-corrected chi connectivity index (χ1v) is 13.9. The Morgan fingerprint density at radius 2 is 1.44 bits per heavy atom. The van der Waals surface area contributed by atoms with Gasteiger partial charge in [0, 0.05) is 29.9 Å². The van der Waals surface area contributed by atoms with Crippen LogP contribution in [0.5, 0.6) is 11.5 Å². The summed E-state index contributed by atoms with van der Waals surface area (Å²) >= 11 is 12.1. The molecule has 0 amide bonds. The van der Waals surface area contributed by atoms with Crippen molar-refractivity contribution in [2.45, 2.75) is 27.2 Å². The van der Waals surface area contributed by atoms with Gasteiger partial charge in [0.2, 0.25) is 5.95 Å². The number of nitrogens with one attached hydrogen (secondary N) is 1. The molecule has 0 spiro atoms. The van der Waals surface area contributed by atoms with E-state index in [4.69, 9.17) is 37.7 Å². The number of benzene rings is 3. The van der Waals surface area contributed by atoms with E-state index >= 15 is 0 Å². The van der Waals surface area contributed by atoms with Gasteiger partial charge >= 0.3 is 0 Å². The zero-order valence-electron chi connectivity index (χ0n) is 22.6. The molecule has 1 aromatic heterocycles. The van der Waals surface area contributed by atoms with Crippen LogP contribution in [0.15, 0.2) is 72.8 Å². The third-order valence-corrected chi connectivity index (χ3v) is 7.07. The van der Waals surface area contributed by atoms with Crippen molar-refractivity contribution in [3.63, 3.8) is 0 Å². The number of aryl methyl sites for hydroxylation is 1. The largest absolute Gasteiger partial charge is 0.493 e. The standard InChI is InChI=1S/C31H34Cl2N4O2/c1-4-37(5-2)17-19-39-27-13-9-25(10-14-27)35-31-34-22(3)20-30(36-31)24-7-11-26(12-8-24)38-18-16-23-6-15-28(32)29(33)21-23/h6-15,20-21H,4-5,16-19H2,1-3H3,(H,34,35,36). The third-order valence-electron chi connectivity index (χ3n) is 6.33. The Bertz CT molecular complexity index is 1340. The monoisotopic (exact) mass is 564 g/mol. The molecular weight excluding hydrogens is 531 g/mol. The minimum atomic E-state index is 0.539. The highest BCUT2D eigenvalue weighted by atomic mass is 35.5. The molecule has 0 atom stereocenters. The summed E-state index contributed by atoms with van der Waals surface area (Å²) in [6.07, 6.45) is 0.738. The van der Waals surface area contributed by atoms with E-state index < -0.39 is 0 Å². The average Bonchev–Trinajstić information content (AvgIpc) is 2.94. The van der Waals surface area contributed by atoms with Crippen LogP contribution >= 0.6 is 23.2 Å². The Labute approximate surface area is 240 Å². The lowest BCUT2D eigenvalue weighted by Gasteiger charge is -2.18. The van der Waals surface area contributed by atoms with Gasteiger partial charge in [-0.3, -0.25) is 0 Å². The van der Waals surface area contributed by atoms with E-state index in [1.165, 1.54) is 0 Å². The molecule has 0 fully saturated rings. The van der Waals surface area contributed by atoms with Crippen molar-refractivity contribution >= 4 is 34.8 Å². The molecule has 4 aromatic rings. The van der Waals surface area contributed by atoms with Gasteiger partial charge in [0.05, 0.1) is 22.3 Å². The van der Waals surface area contributed by atoms with Gasteiger partial charge in [-0.2, -0.15) is 0 Å². The SMILES string of the molecule is CCN(CC)CCOc1ccc(Nc2nc(C)cc(-c3ccc(OCCc4ccc(Cl)c(Cl)c4)cc3)n2)cc1. The lowest BCUT2D eigenvalue weighted by molar-refractivity contribution is 0.223. The van der Waals surface area contributed by atoms with Gasteiger partial charge in [0.15, 0.2) is 0 Å². The minimum Gasteiger partial charge on any atom is -0.493 e. The second-order valence-electron chi connectivity index (χ2n) is 9.11. The number of aromatic nitrogens is 2. The Morgan fingerprint density at radius 3 is 2.10 bits per heavy atom. The van der Waals surface area contributed by atoms with E-state index in [1.54, 1.807) is 6.07 Å². The highest BCUT2D eigenvalue weighted by Gasteiger charge is 2.07. The van der Waals surface area contributed by atoms with Gasteiger partial charge in [0.1, 0.15) is 18.1 Å². The van der Waals surface area contributed by atoms with Crippen LogP contribution in [-0.2, 0) is 6.42 Å². The van der Waals surface area contributed by atoms with E-state index in [1.807, 2.05) is 73.7 Å². The van der Waals surface area contributed by atoms with Crippen LogP contribution < -0.4 is 14.8 Å². The second kappa shape index (κ2) is 14.2. The van der Waals surface area contributed by atoms with Crippen LogP contribution in [0, 0.1) is 6.92 Å². The number of nitrogens with zero attached hydrogens (tertiary/aromatic N) is 3. The van der Waals surface area contributed by atoms with E-state index in [-0.39, 0.29) is 0 Å². The summed E-state index contributed by atoms with van der Waals surface area (Å²) in [6.45, 7) is 10.5. The number of hydrogen-bond donors (Lipinski definition) is 1. The van der Waals surface area contributed by atoms with E-state index in [0.717, 1.165) is 65.8 Å². The minimum absolute atomic E-state index is 0.539. The molecule has 0 aliphatic rings. The molecule has 8 heteroatoms. The Balaban J connectivity index is 1.33. The first-order chi connectivity index (χ1) is 18.9. The topological polar surface area (TPSA) is 59.5 Å². The highest BCUT2D eigenvalue weighted by molar-refractivity contribution is 6.42. The Morgan fingerprint density at radius 1 is 0.769 bits per heavy atom. The number of halogens is 2.